The van der Waals surface area contributed by atoms with E-state index in [0.717, 1.165) is 38.6 Å². The van der Waals surface area contributed by atoms with Crippen LogP contribution in [-0.4, -0.2) is 38.6 Å². The molecule has 0 aromatic rings. The van der Waals surface area contributed by atoms with Crippen LogP contribution < -0.4 is 5.14 Å². The second kappa shape index (κ2) is 9.10. The third-order valence-corrected chi connectivity index (χ3v) is 3.58. The van der Waals surface area contributed by atoms with E-state index < -0.39 is 10.0 Å². The van der Waals surface area contributed by atoms with Crippen LogP contribution in [0.15, 0.2) is 12.7 Å². The molecule has 6 heteroatoms. The zero-order chi connectivity index (χ0) is 14.0. The standard InChI is InChI=1S/C12H24N2O3S/c1-3-12(15)14(2)10-8-6-4-5-7-9-11-18(13,16)17/h3H,1,4-11H2,2H3,(H2,13,16,17). The van der Waals surface area contributed by atoms with E-state index in [0.29, 0.717) is 6.42 Å². The fourth-order valence-electron chi connectivity index (χ4n) is 1.63. The maximum Gasteiger partial charge on any atom is 0.245 e. The largest absolute Gasteiger partial charge is 0.342 e. The van der Waals surface area contributed by atoms with E-state index in [1.54, 1.807) is 11.9 Å². The highest BCUT2D eigenvalue weighted by Gasteiger charge is 2.03. The highest BCUT2D eigenvalue weighted by molar-refractivity contribution is 7.89. The van der Waals surface area contributed by atoms with E-state index in [1.807, 2.05) is 0 Å². The van der Waals surface area contributed by atoms with Crippen LogP contribution in [0.5, 0.6) is 0 Å². The number of likely N-dealkylation sites (N-methyl/N-ethyl adjacent to an activating group) is 1. The molecule has 0 aliphatic heterocycles. The minimum absolute atomic E-state index is 0.0526. The van der Waals surface area contributed by atoms with Gasteiger partial charge in [0, 0.05) is 13.6 Å². The number of amides is 1. The Morgan fingerprint density at radius 1 is 1.17 bits per heavy atom. The molecule has 106 valence electrons. The lowest BCUT2D eigenvalue weighted by Crippen LogP contribution is -2.25. The summed E-state index contributed by atoms with van der Waals surface area (Å²) in [5.41, 5.74) is 0. The van der Waals surface area contributed by atoms with Gasteiger partial charge in [-0.3, -0.25) is 4.79 Å². The number of nitrogens with two attached hydrogens (primary N) is 1. The zero-order valence-electron chi connectivity index (χ0n) is 11.1. The number of sulfonamides is 1. The summed E-state index contributed by atoms with van der Waals surface area (Å²) >= 11 is 0. The molecule has 0 unspecified atom stereocenters. The summed E-state index contributed by atoms with van der Waals surface area (Å²) in [6.45, 7) is 4.17. The summed E-state index contributed by atoms with van der Waals surface area (Å²) in [6.07, 6.45) is 6.91. The summed E-state index contributed by atoms with van der Waals surface area (Å²) in [4.78, 5) is 12.8. The quantitative estimate of drug-likeness (QED) is 0.482. The summed E-state index contributed by atoms with van der Waals surface area (Å²) in [5.74, 6) is 0.0204. The molecule has 18 heavy (non-hydrogen) atoms. The van der Waals surface area contributed by atoms with Gasteiger partial charge in [0.2, 0.25) is 15.9 Å². The molecule has 0 saturated heterocycles. The molecule has 1 amide bonds. The Bertz CT molecular complexity index is 352. The van der Waals surface area contributed by atoms with Crippen molar-refractivity contribution in [2.24, 2.45) is 5.14 Å². The average molecular weight is 276 g/mol. The average Bonchev–Trinajstić information content (AvgIpc) is 2.29. The molecule has 0 aliphatic rings. The third kappa shape index (κ3) is 10.3. The van der Waals surface area contributed by atoms with Crippen LogP contribution in [0, 0.1) is 0 Å². The molecule has 0 aromatic heterocycles. The van der Waals surface area contributed by atoms with Crippen molar-refractivity contribution in [2.45, 2.75) is 38.5 Å². The summed E-state index contributed by atoms with van der Waals surface area (Å²) in [7, 11) is -1.54. The van der Waals surface area contributed by atoms with Crippen LogP contribution in [-0.2, 0) is 14.8 Å². The fourth-order valence-corrected chi connectivity index (χ4v) is 2.23. The van der Waals surface area contributed by atoms with E-state index in [9.17, 15) is 13.2 Å². The van der Waals surface area contributed by atoms with Crippen LogP contribution >= 0.6 is 0 Å². The number of unbranched alkanes of at least 4 members (excludes halogenated alkanes) is 5. The lowest BCUT2D eigenvalue weighted by atomic mass is 10.1. The SMILES string of the molecule is C=CC(=O)N(C)CCCCCCCCS(N)(=O)=O. The van der Waals surface area contributed by atoms with Gasteiger partial charge in [-0.1, -0.05) is 32.3 Å². The van der Waals surface area contributed by atoms with Gasteiger partial charge < -0.3 is 4.90 Å². The molecule has 2 N–H and O–H groups in total. The molecule has 0 radical (unpaired) electrons. The lowest BCUT2D eigenvalue weighted by molar-refractivity contribution is -0.124. The van der Waals surface area contributed by atoms with Crippen LogP contribution in [0.3, 0.4) is 0 Å². The lowest BCUT2D eigenvalue weighted by Gasteiger charge is -2.14. The maximum atomic E-state index is 11.2. The predicted molar refractivity (Wildman–Crippen MR) is 73.5 cm³/mol. The highest BCUT2D eigenvalue weighted by Crippen LogP contribution is 2.06. The topological polar surface area (TPSA) is 80.5 Å². The Hall–Kier alpha value is -0.880. The van der Waals surface area contributed by atoms with Gasteiger partial charge in [-0.15, -0.1) is 0 Å². The smallest absolute Gasteiger partial charge is 0.245 e. The fraction of sp³-hybridized carbons (Fsp3) is 0.750. The Morgan fingerprint density at radius 3 is 2.17 bits per heavy atom. The van der Waals surface area contributed by atoms with Crippen molar-refractivity contribution in [1.82, 2.24) is 4.90 Å². The van der Waals surface area contributed by atoms with E-state index in [-0.39, 0.29) is 11.7 Å². The Labute approximate surface area is 110 Å². The van der Waals surface area contributed by atoms with Crippen LogP contribution in [0.1, 0.15) is 38.5 Å². The number of primary sulfonamides is 1. The minimum Gasteiger partial charge on any atom is -0.342 e. The summed E-state index contributed by atoms with van der Waals surface area (Å²) in [6, 6.07) is 0. The highest BCUT2D eigenvalue weighted by atomic mass is 32.2. The first-order valence-electron chi connectivity index (χ1n) is 6.25. The first-order chi connectivity index (χ1) is 8.37. The number of hydrogen-bond donors (Lipinski definition) is 1. The molecular weight excluding hydrogens is 252 g/mol. The van der Waals surface area contributed by atoms with Crippen molar-refractivity contribution >= 4 is 15.9 Å². The van der Waals surface area contributed by atoms with Gasteiger partial charge in [0.15, 0.2) is 0 Å². The van der Waals surface area contributed by atoms with E-state index in [2.05, 4.69) is 6.58 Å². The van der Waals surface area contributed by atoms with Crippen LogP contribution in [0.4, 0.5) is 0 Å². The molecule has 0 spiro atoms. The monoisotopic (exact) mass is 276 g/mol. The molecule has 0 rings (SSSR count). The molecule has 0 saturated carbocycles. The van der Waals surface area contributed by atoms with Gasteiger partial charge >= 0.3 is 0 Å². The van der Waals surface area contributed by atoms with Crippen molar-refractivity contribution in [1.29, 1.82) is 0 Å². The molecule has 5 nitrogen and oxygen atoms in total. The zero-order valence-corrected chi connectivity index (χ0v) is 11.9. The van der Waals surface area contributed by atoms with Gasteiger partial charge in [0.05, 0.1) is 5.75 Å². The van der Waals surface area contributed by atoms with Gasteiger partial charge in [0.1, 0.15) is 0 Å². The molecule has 0 aromatic carbocycles. The predicted octanol–water partition coefficient (Wildman–Crippen LogP) is 1.26. The first-order valence-corrected chi connectivity index (χ1v) is 7.96. The van der Waals surface area contributed by atoms with Gasteiger partial charge in [-0.05, 0) is 18.9 Å². The summed E-state index contributed by atoms with van der Waals surface area (Å²) < 4.78 is 21.3. The maximum absolute atomic E-state index is 11.2. The number of hydrogen-bond acceptors (Lipinski definition) is 3. The van der Waals surface area contributed by atoms with Crippen LogP contribution in [0.25, 0.3) is 0 Å². The summed E-state index contributed by atoms with van der Waals surface area (Å²) in [5, 5.41) is 4.90. The normalized spacial score (nSPS) is 11.2. The molecule has 0 aliphatic carbocycles. The van der Waals surface area contributed by atoms with Gasteiger partial charge in [-0.2, -0.15) is 0 Å². The minimum atomic E-state index is -3.30. The van der Waals surface area contributed by atoms with Crippen molar-refractivity contribution in [3.63, 3.8) is 0 Å². The van der Waals surface area contributed by atoms with Crippen molar-refractivity contribution in [3.8, 4) is 0 Å². The second-order valence-electron chi connectivity index (χ2n) is 4.45. The Kier molecular flexibility index (Phi) is 8.66. The Balaban J connectivity index is 3.36. The van der Waals surface area contributed by atoms with Crippen molar-refractivity contribution < 1.29 is 13.2 Å². The first kappa shape index (κ1) is 17.1. The third-order valence-electron chi connectivity index (χ3n) is 2.72. The van der Waals surface area contributed by atoms with E-state index in [4.69, 9.17) is 5.14 Å². The molecular formula is C12H24N2O3S. The number of rotatable bonds is 10. The van der Waals surface area contributed by atoms with Crippen molar-refractivity contribution in [2.75, 3.05) is 19.3 Å². The van der Waals surface area contributed by atoms with E-state index >= 15 is 0 Å². The van der Waals surface area contributed by atoms with Gasteiger partial charge in [0.25, 0.3) is 0 Å². The molecule has 0 bridgehead atoms. The van der Waals surface area contributed by atoms with Crippen LogP contribution in [0.2, 0.25) is 0 Å². The molecule has 0 atom stereocenters. The number of carbonyl (C=O) groups excluding carboxylic acids is 1. The Morgan fingerprint density at radius 2 is 1.67 bits per heavy atom. The number of carbonyl (C=O) groups is 1. The molecule has 0 heterocycles. The van der Waals surface area contributed by atoms with E-state index in [1.165, 1.54) is 6.08 Å². The van der Waals surface area contributed by atoms with Crippen molar-refractivity contribution in [3.05, 3.63) is 12.7 Å². The second-order valence-corrected chi connectivity index (χ2v) is 6.19. The number of nitrogens with zero attached hydrogens (tertiary/aromatic N) is 1. The molecule has 0 fully saturated rings. The van der Waals surface area contributed by atoms with Gasteiger partial charge in [-0.25, -0.2) is 13.6 Å².